The molecule has 0 aromatic rings. The third-order valence-electron chi connectivity index (χ3n) is 2.16. The maximum Gasteiger partial charge on any atom is 0.302 e. The highest BCUT2D eigenvalue weighted by Gasteiger charge is 2.05. The van der Waals surface area contributed by atoms with Crippen molar-refractivity contribution in [3.8, 4) is 0 Å². The Morgan fingerprint density at radius 3 is 2.21 bits per heavy atom. The second-order valence-electron chi connectivity index (χ2n) is 3.87. The van der Waals surface area contributed by atoms with Crippen molar-refractivity contribution in [1.29, 1.82) is 0 Å². The topological polar surface area (TPSA) is 35.5 Å². The number of carbonyl (C=O) groups is 1. The standard InChI is InChI=1S/C11H22O3/c1-9(2)10(3)13-7-5-6-8-14-11(4)12/h9-10H,5-8H2,1-4H3/t10-/m0/s1. The first-order valence-electron chi connectivity index (χ1n) is 5.29. The van der Waals surface area contributed by atoms with Crippen LogP contribution in [0.15, 0.2) is 0 Å². The van der Waals surface area contributed by atoms with Crippen molar-refractivity contribution in [1.82, 2.24) is 0 Å². The Hall–Kier alpha value is -0.570. The first kappa shape index (κ1) is 13.4. The van der Waals surface area contributed by atoms with Crippen LogP contribution in [0, 0.1) is 5.92 Å². The van der Waals surface area contributed by atoms with Crippen LogP contribution in [0.1, 0.15) is 40.5 Å². The Labute approximate surface area is 86.8 Å². The Balaban J connectivity index is 3.17. The molecule has 0 heterocycles. The molecule has 3 heteroatoms. The fraction of sp³-hybridized carbons (Fsp3) is 0.909. The van der Waals surface area contributed by atoms with Crippen molar-refractivity contribution in [3.63, 3.8) is 0 Å². The highest BCUT2D eigenvalue weighted by molar-refractivity contribution is 5.65. The first-order chi connectivity index (χ1) is 6.54. The summed E-state index contributed by atoms with van der Waals surface area (Å²) in [5.41, 5.74) is 0. The van der Waals surface area contributed by atoms with E-state index in [0.717, 1.165) is 19.4 Å². The van der Waals surface area contributed by atoms with E-state index in [1.54, 1.807) is 0 Å². The van der Waals surface area contributed by atoms with E-state index in [1.807, 2.05) is 0 Å². The number of esters is 1. The molecule has 3 nitrogen and oxygen atoms in total. The van der Waals surface area contributed by atoms with E-state index in [4.69, 9.17) is 9.47 Å². The maximum absolute atomic E-state index is 10.4. The van der Waals surface area contributed by atoms with Gasteiger partial charge in [0.1, 0.15) is 0 Å². The van der Waals surface area contributed by atoms with Crippen molar-refractivity contribution in [3.05, 3.63) is 0 Å². The van der Waals surface area contributed by atoms with E-state index < -0.39 is 0 Å². The van der Waals surface area contributed by atoms with Gasteiger partial charge in [0.15, 0.2) is 0 Å². The monoisotopic (exact) mass is 202 g/mol. The van der Waals surface area contributed by atoms with E-state index in [-0.39, 0.29) is 5.97 Å². The van der Waals surface area contributed by atoms with Gasteiger partial charge < -0.3 is 9.47 Å². The quantitative estimate of drug-likeness (QED) is 0.469. The fourth-order valence-electron chi connectivity index (χ4n) is 0.882. The summed E-state index contributed by atoms with van der Waals surface area (Å²) in [6.45, 7) is 9.05. The average Bonchev–Trinajstić information content (AvgIpc) is 2.09. The number of hydrogen-bond donors (Lipinski definition) is 0. The zero-order valence-corrected chi connectivity index (χ0v) is 9.71. The van der Waals surface area contributed by atoms with Gasteiger partial charge in [-0.25, -0.2) is 0 Å². The second kappa shape index (κ2) is 7.80. The van der Waals surface area contributed by atoms with E-state index in [9.17, 15) is 4.79 Å². The minimum Gasteiger partial charge on any atom is -0.466 e. The molecule has 0 rings (SSSR count). The highest BCUT2D eigenvalue weighted by atomic mass is 16.5. The van der Waals surface area contributed by atoms with Crippen LogP contribution in [-0.2, 0) is 14.3 Å². The molecule has 0 spiro atoms. The highest BCUT2D eigenvalue weighted by Crippen LogP contribution is 2.05. The van der Waals surface area contributed by atoms with Gasteiger partial charge in [-0.1, -0.05) is 13.8 Å². The summed E-state index contributed by atoms with van der Waals surface area (Å²) in [6.07, 6.45) is 2.14. The van der Waals surface area contributed by atoms with Crippen molar-refractivity contribution >= 4 is 5.97 Å². The summed E-state index contributed by atoms with van der Waals surface area (Å²) >= 11 is 0. The molecule has 84 valence electrons. The molecule has 0 saturated carbocycles. The summed E-state index contributed by atoms with van der Waals surface area (Å²) in [4.78, 5) is 10.4. The van der Waals surface area contributed by atoms with Gasteiger partial charge in [-0.2, -0.15) is 0 Å². The van der Waals surface area contributed by atoms with Gasteiger partial charge in [-0.05, 0) is 25.7 Å². The lowest BCUT2D eigenvalue weighted by atomic mass is 10.1. The van der Waals surface area contributed by atoms with E-state index >= 15 is 0 Å². The Morgan fingerprint density at radius 1 is 1.14 bits per heavy atom. The molecule has 0 aromatic carbocycles. The largest absolute Gasteiger partial charge is 0.466 e. The second-order valence-corrected chi connectivity index (χ2v) is 3.87. The van der Waals surface area contributed by atoms with E-state index in [0.29, 0.717) is 18.6 Å². The van der Waals surface area contributed by atoms with Crippen molar-refractivity contribution < 1.29 is 14.3 Å². The van der Waals surface area contributed by atoms with Gasteiger partial charge in [0.05, 0.1) is 12.7 Å². The van der Waals surface area contributed by atoms with Gasteiger partial charge in [-0.3, -0.25) is 4.79 Å². The lowest BCUT2D eigenvalue weighted by molar-refractivity contribution is -0.141. The maximum atomic E-state index is 10.4. The summed E-state index contributed by atoms with van der Waals surface area (Å²) in [6, 6.07) is 0. The minimum absolute atomic E-state index is 0.207. The Kier molecular flexibility index (Phi) is 7.48. The molecule has 0 aliphatic rings. The molecule has 0 saturated heterocycles. The third-order valence-corrected chi connectivity index (χ3v) is 2.16. The third kappa shape index (κ3) is 8.05. The zero-order valence-electron chi connectivity index (χ0n) is 9.71. The van der Waals surface area contributed by atoms with E-state index in [1.165, 1.54) is 6.92 Å². The molecule has 0 fully saturated rings. The number of unbranched alkanes of at least 4 members (excludes halogenated alkanes) is 1. The molecule has 0 bridgehead atoms. The minimum atomic E-state index is -0.207. The van der Waals surface area contributed by atoms with Crippen LogP contribution in [0.2, 0.25) is 0 Å². The molecule has 0 aliphatic carbocycles. The number of ether oxygens (including phenoxy) is 2. The Bertz CT molecular complexity index is 155. The van der Waals surface area contributed by atoms with Gasteiger partial charge in [-0.15, -0.1) is 0 Å². The molecule has 0 N–H and O–H groups in total. The first-order valence-corrected chi connectivity index (χ1v) is 5.29. The lowest BCUT2D eigenvalue weighted by Crippen LogP contribution is -2.16. The molecular formula is C11H22O3. The molecule has 14 heavy (non-hydrogen) atoms. The van der Waals surface area contributed by atoms with Gasteiger partial charge >= 0.3 is 5.97 Å². The number of hydrogen-bond acceptors (Lipinski definition) is 3. The van der Waals surface area contributed by atoms with Gasteiger partial charge in [0.2, 0.25) is 0 Å². The predicted molar refractivity (Wildman–Crippen MR) is 56.1 cm³/mol. The van der Waals surface area contributed by atoms with Crippen LogP contribution < -0.4 is 0 Å². The molecule has 1 atom stereocenters. The zero-order chi connectivity index (χ0) is 11.0. The molecule has 0 unspecified atom stereocenters. The number of rotatable bonds is 7. The van der Waals surface area contributed by atoms with Crippen molar-refractivity contribution in [2.75, 3.05) is 13.2 Å². The molecular weight excluding hydrogens is 180 g/mol. The van der Waals surface area contributed by atoms with E-state index in [2.05, 4.69) is 20.8 Å². The van der Waals surface area contributed by atoms with Crippen LogP contribution in [0.5, 0.6) is 0 Å². The fourth-order valence-corrected chi connectivity index (χ4v) is 0.882. The smallest absolute Gasteiger partial charge is 0.302 e. The summed E-state index contributed by atoms with van der Waals surface area (Å²) in [5.74, 6) is 0.352. The lowest BCUT2D eigenvalue weighted by Gasteiger charge is -2.16. The number of carbonyl (C=O) groups excluding carboxylic acids is 1. The van der Waals surface area contributed by atoms with Gasteiger partial charge in [0, 0.05) is 13.5 Å². The van der Waals surface area contributed by atoms with Gasteiger partial charge in [0.25, 0.3) is 0 Å². The summed E-state index contributed by atoms with van der Waals surface area (Å²) in [5, 5.41) is 0. The van der Waals surface area contributed by atoms with Crippen LogP contribution in [0.3, 0.4) is 0 Å². The Morgan fingerprint density at radius 2 is 1.71 bits per heavy atom. The molecule has 0 aromatic heterocycles. The molecule has 0 radical (unpaired) electrons. The molecule has 0 aliphatic heterocycles. The van der Waals surface area contributed by atoms with Crippen LogP contribution in [0.25, 0.3) is 0 Å². The van der Waals surface area contributed by atoms with Crippen LogP contribution >= 0.6 is 0 Å². The average molecular weight is 202 g/mol. The van der Waals surface area contributed by atoms with Crippen LogP contribution in [-0.4, -0.2) is 25.3 Å². The summed E-state index contributed by atoms with van der Waals surface area (Å²) in [7, 11) is 0. The van der Waals surface area contributed by atoms with Crippen LogP contribution in [0.4, 0.5) is 0 Å². The molecule has 0 amide bonds. The SMILES string of the molecule is CC(=O)OCCCCO[C@@H](C)C(C)C. The normalized spacial score (nSPS) is 12.9. The van der Waals surface area contributed by atoms with Crippen molar-refractivity contribution in [2.24, 2.45) is 5.92 Å². The predicted octanol–water partition coefficient (Wildman–Crippen LogP) is 2.39. The summed E-state index contributed by atoms with van der Waals surface area (Å²) < 4.78 is 10.4. The van der Waals surface area contributed by atoms with Crippen molar-refractivity contribution in [2.45, 2.75) is 46.6 Å².